The van der Waals surface area contributed by atoms with Gasteiger partial charge in [0.15, 0.2) is 5.13 Å². The van der Waals surface area contributed by atoms with Crippen molar-refractivity contribution in [3.05, 3.63) is 35.2 Å². The smallest absolute Gasteiger partial charge is 0.435 e. The highest BCUT2D eigenvalue weighted by atomic mass is 32.1. The molecule has 1 aliphatic heterocycles. The SMILES string of the molecule is CCOC(=O)N=C(N)c1ccc(-c2csc(NC3CCN(CC(=O)OC)CC3)n2)cc1. The second-order valence-electron chi connectivity index (χ2n) is 7.08. The normalized spacial score (nSPS) is 15.5. The minimum absolute atomic E-state index is 0.115. The fourth-order valence-corrected chi connectivity index (χ4v) is 4.06. The summed E-state index contributed by atoms with van der Waals surface area (Å²) in [6.45, 7) is 4.00. The van der Waals surface area contributed by atoms with Crippen LogP contribution in [0, 0.1) is 0 Å². The number of nitrogens with one attached hydrogen (secondary N) is 1. The molecule has 0 atom stereocenters. The number of nitrogens with two attached hydrogens (primary N) is 1. The van der Waals surface area contributed by atoms with E-state index in [1.165, 1.54) is 7.11 Å². The van der Waals surface area contributed by atoms with Gasteiger partial charge in [-0.25, -0.2) is 9.78 Å². The topological polar surface area (TPSA) is 119 Å². The minimum atomic E-state index is -0.699. The van der Waals surface area contributed by atoms with Crippen LogP contribution in [0.3, 0.4) is 0 Å². The first-order valence-corrected chi connectivity index (χ1v) is 11.0. The predicted octanol–water partition coefficient (Wildman–Crippen LogP) is 2.72. The zero-order chi connectivity index (χ0) is 22.2. The summed E-state index contributed by atoms with van der Waals surface area (Å²) >= 11 is 1.56. The Morgan fingerprint density at radius 1 is 1.29 bits per heavy atom. The van der Waals surface area contributed by atoms with E-state index in [-0.39, 0.29) is 18.4 Å². The largest absolute Gasteiger partial charge is 0.468 e. The van der Waals surface area contributed by atoms with Crippen LogP contribution >= 0.6 is 11.3 Å². The number of benzene rings is 1. The van der Waals surface area contributed by atoms with Crippen LogP contribution in [-0.4, -0.2) is 67.2 Å². The lowest BCUT2D eigenvalue weighted by Gasteiger charge is -2.31. The zero-order valence-electron chi connectivity index (χ0n) is 17.7. The average molecular weight is 446 g/mol. The lowest BCUT2D eigenvalue weighted by molar-refractivity contribution is -0.142. The van der Waals surface area contributed by atoms with Crippen LogP contribution in [0.1, 0.15) is 25.3 Å². The predicted molar refractivity (Wildman–Crippen MR) is 120 cm³/mol. The Labute approximate surface area is 185 Å². The molecule has 1 fully saturated rings. The monoisotopic (exact) mass is 445 g/mol. The zero-order valence-corrected chi connectivity index (χ0v) is 18.5. The molecule has 9 nitrogen and oxygen atoms in total. The van der Waals surface area contributed by atoms with E-state index in [4.69, 9.17) is 15.2 Å². The van der Waals surface area contributed by atoms with Gasteiger partial charge in [0.05, 0.1) is 26.0 Å². The third-order valence-electron chi connectivity index (χ3n) is 4.96. The standard InChI is InChI=1S/C21H27N5O4S/c1-3-30-21(28)25-19(22)15-6-4-14(5-7-15)17-13-31-20(24-17)23-16-8-10-26(11-9-16)12-18(27)29-2/h4-7,13,16H,3,8-12H2,1-2H3,(H,23,24)(H2,22,25,28). The van der Waals surface area contributed by atoms with Crippen molar-refractivity contribution in [2.45, 2.75) is 25.8 Å². The molecule has 0 bridgehead atoms. The van der Waals surface area contributed by atoms with Crippen molar-refractivity contribution in [3.63, 3.8) is 0 Å². The first-order valence-electron chi connectivity index (χ1n) is 10.1. The Bertz CT molecular complexity index is 920. The van der Waals surface area contributed by atoms with Crippen LogP contribution in [-0.2, 0) is 14.3 Å². The average Bonchev–Trinajstić information content (AvgIpc) is 3.23. The number of methoxy groups -OCH3 is 1. The molecule has 166 valence electrons. The number of hydrogen-bond acceptors (Lipinski definition) is 8. The number of piperidine rings is 1. The van der Waals surface area contributed by atoms with Gasteiger partial charge in [0, 0.05) is 35.6 Å². The van der Waals surface area contributed by atoms with Crippen LogP contribution in [0.25, 0.3) is 11.3 Å². The van der Waals surface area contributed by atoms with E-state index in [9.17, 15) is 9.59 Å². The number of nitrogens with zero attached hydrogens (tertiary/aromatic N) is 3. The van der Waals surface area contributed by atoms with Gasteiger partial charge in [0.2, 0.25) is 0 Å². The Morgan fingerprint density at radius 2 is 2.00 bits per heavy atom. The molecule has 0 saturated carbocycles. The summed E-state index contributed by atoms with van der Waals surface area (Å²) in [5, 5.41) is 6.37. The van der Waals surface area contributed by atoms with Crippen molar-refractivity contribution in [2.24, 2.45) is 10.7 Å². The summed E-state index contributed by atoms with van der Waals surface area (Å²) < 4.78 is 9.50. The summed E-state index contributed by atoms with van der Waals surface area (Å²) in [6, 6.07) is 7.72. The highest BCUT2D eigenvalue weighted by molar-refractivity contribution is 7.14. The van der Waals surface area contributed by atoms with Crippen LogP contribution in [0.4, 0.5) is 9.93 Å². The van der Waals surface area contributed by atoms with Crippen LogP contribution < -0.4 is 11.1 Å². The Balaban J connectivity index is 1.55. The van der Waals surface area contributed by atoms with Crippen molar-refractivity contribution in [1.29, 1.82) is 0 Å². The third kappa shape index (κ3) is 6.50. The first kappa shape index (κ1) is 22.7. The van der Waals surface area contributed by atoms with Crippen molar-refractivity contribution in [1.82, 2.24) is 9.88 Å². The van der Waals surface area contributed by atoms with Crippen molar-refractivity contribution in [2.75, 3.05) is 38.7 Å². The maximum atomic E-state index is 11.4. The van der Waals surface area contributed by atoms with E-state index >= 15 is 0 Å². The van der Waals surface area contributed by atoms with E-state index in [1.807, 2.05) is 17.5 Å². The fourth-order valence-electron chi connectivity index (χ4n) is 3.26. The van der Waals surface area contributed by atoms with Gasteiger partial charge < -0.3 is 20.5 Å². The van der Waals surface area contributed by atoms with E-state index in [1.54, 1.807) is 30.4 Å². The number of carbonyl (C=O) groups excluding carboxylic acids is 2. The summed E-state index contributed by atoms with van der Waals surface area (Å²) in [4.78, 5) is 33.3. The highest BCUT2D eigenvalue weighted by Crippen LogP contribution is 2.27. The van der Waals surface area contributed by atoms with Crippen molar-refractivity contribution < 1.29 is 19.1 Å². The molecule has 2 aromatic rings. The first-order chi connectivity index (χ1) is 15.0. The minimum Gasteiger partial charge on any atom is -0.468 e. The van der Waals surface area contributed by atoms with Gasteiger partial charge in [-0.1, -0.05) is 24.3 Å². The van der Waals surface area contributed by atoms with Gasteiger partial charge in [-0.2, -0.15) is 4.99 Å². The number of anilines is 1. The number of hydrogen-bond donors (Lipinski definition) is 2. The van der Waals surface area contributed by atoms with Gasteiger partial charge >= 0.3 is 12.1 Å². The van der Waals surface area contributed by atoms with E-state index in [0.29, 0.717) is 18.2 Å². The van der Waals surface area contributed by atoms with Gasteiger partial charge in [-0.05, 0) is 19.8 Å². The van der Waals surface area contributed by atoms with E-state index in [2.05, 4.69) is 20.2 Å². The van der Waals surface area contributed by atoms with Crippen molar-refractivity contribution in [3.8, 4) is 11.3 Å². The lowest BCUT2D eigenvalue weighted by Crippen LogP contribution is -2.41. The Hall–Kier alpha value is -2.98. The quantitative estimate of drug-likeness (QED) is 0.379. The fraction of sp³-hybridized carbons (Fsp3) is 0.429. The number of amides is 1. The number of aromatic nitrogens is 1. The summed E-state index contributed by atoms with van der Waals surface area (Å²) in [5.41, 5.74) is 8.32. The molecular weight excluding hydrogens is 418 g/mol. The molecule has 1 aromatic heterocycles. The molecule has 1 saturated heterocycles. The summed E-state index contributed by atoms with van der Waals surface area (Å²) in [6.07, 6.45) is 1.19. The van der Waals surface area contributed by atoms with Crippen LogP contribution in [0.15, 0.2) is 34.6 Å². The number of likely N-dealkylation sites (tertiary alicyclic amines) is 1. The molecule has 1 amide bonds. The Morgan fingerprint density at radius 3 is 2.65 bits per heavy atom. The molecule has 31 heavy (non-hydrogen) atoms. The molecule has 2 heterocycles. The third-order valence-corrected chi connectivity index (χ3v) is 5.73. The maximum absolute atomic E-state index is 11.4. The number of rotatable bonds is 7. The van der Waals surface area contributed by atoms with Gasteiger partial charge in [-0.15, -0.1) is 11.3 Å². The number of esters is 1. The molecular formula is C21H27N5O4S. The van der Waals surface area contributed by atoms with Gasteiger partial charge in [0.1, 0.15) is 5.84 Å². The molecule has 1 aromatic carbocycles. The van der Waals surface area contributed by atoms with Crippen LogP contribution in [0.5, 0.6) is 0 Å². The summed E-state index contributed by atoms with van der Waals surface area (Å²) in [5.74, 6) is -0.0833. The highest BCUT2D eigenvalue weighted by Gasteiger charge is 2.21. The molecule has 3 rings (SSSR count). The number of aliphatic imine (C=N–C) groups is 1. The summed E-state index contributed by atoms with van der Waals surface area (Å²) in [7, 11) is 1.41. The molecule has 0 radical (unpaired) electrons. The number of thiazole rings is 1. The van der Waals surface area contributed by atoms with Gasteiger partial charge in [0.25, 0.3) is 0 Å². The number of amidine groups is 1. The van der Waals surface area contributed by atoms with Crippen LogP contribution in [0.2, 0.25) is 0 Å². The maximum Gasteiger partial charge on any atom is 0.435 e. The molecule has 0 unspecified atom stereocenters. The molecule has 1 aliphatic rings. The van der Waals surface area contributed by atoms with Crippen molar-refractivity contribution >= 4 is 34.4 Å². The molecule has 10 heteroatoms. The molecule has 3 N–H and O–H groups in total. The number of carbonyl (C=O) groups is 2. The second kappa shape index (κ2) is 10.9. The lowest BCUT2D eigenvalue weighted by atomic mass is 10.1. The Kier molecular flexibility index (Phi) is 7.96. The van der Waals surface area contributed by atoms with Gasteiger partial charge in [-0.3, -0.25) is 9.69 Å². The molecule has 0 aliphatic carbocycles. The molecule has 0 spiro atoms. The van der Waals surface area contributed by atoms with E-state index in [0.717, 1.165) is 42.3 Å². The second-order valence-corrected chi connectivity index (χ2v) is 7.94. The number of ether oxygens (including phenoxy) is 2. The van der Waals surface area contributed by atoms with E-state index < -0.39 is 6.09 Å².